The predicted molar refractivity (Wildman–Crippen MR) is 85.0 cm³/mol. The van der Waals surface area contributed by atoms with Crippen LogP contribution in [0.4, 0.5) is 13.6 Å². The maximum absolute atomic E-state index is 13.8. The summed E-state index contributed by atoms with van der Waals surface area (Å²) in [6, 6.07) is 2.88. The molecule has 2 aliphatic heterocycles. The fraction of sp³-hybridized carbons (Fsp3) is 0.438. The summed E-state index contributed by atoms with van der Waals surface area (Å²) in [6.07, 6.45) is -0.779. The summed E-state index contributed by atoms with van der Waals surface area (Å²) in [5, 5.41) is 6.29. The second-order valence-electron chi connectivity index (χ2n) is 5.83. The minimum absolute atomic E-state index is 0.000244. The number of benzene rings is 1. The van der Waals surface area contributed by atoms with Gasteiger partial charge < -0.3 is 20.0 Å². The van der Waals surface area contributed by atoms with Crippen molar-refractivity contribution in [2.24, 2.45) is 5.16 Å². The molecule has 0 bridgehead atoms. The van der Waals surface area contributed by atoms with Crippen molar-refractivity contribution < 1.29 is 23.2 Å². The smallest absolute Gasteiger partial charge is 0.317 e. The van der Waals surface area contributed by atoms with Crippen LogP contribution in [0.25, 0.3) is 0 Å². The number of nitrogens with zero attached hydrogens (tertiary/aromatic N) is 3. The third-order valence-electron chi connectivity index (χ3n) is 4.28. The highest BCUT2D eigenvalue weighted by Gasteiger charge is 2.35. The van der Waals surface area contributed by atoms with Crippen LogP contribution in [0.1, 0.15) is 12.0 Å². The highest BCUT2D eigenvalue weighted by Crippen LogP contribution is 2.21. The Kier molecular flexibility index (Phi) is 4.82. The SMILES string of the molecule is CNC(=O)N1CCN(C(=O)C2CC(c3cc(F)ccc3F)=NO2)CC1. The number of carbonyl (C=O) groups excluding carboxylic acids is 2. The monoisotopic (exact) mass is 352 g/mol. The number of carbonyl (C=O) groups is 2. The van der Waals surface area contributed by atoms with Gasteiger partial charge in [-0.25, -0.2) is 13.6 Å². The molecule has 3 amide bonds. The highest BCUT2D eigenvalue weighted by atomic mass is 19.1. The third-order valence-corrected chi connectivity index (χ3v) is 4.28. The molecule has 0 spiro atoms. The quantitative estimate of drug-likeness (QED) is 0.861. The lowest BCUT2D eigenvalue weighted by Crippen LogP contribution is -2.54. The molecule has 25 heavy (non-hydrogen) atoms. The lowest BCUT2D eigenvalue weighted by atomic mass is 10.0. The predicted octanol–water partition coefficient (Wildman–Crippen LogP) is 0.941. The van der Waals surface area contributed by atoms with Crippen molar-refractivity contribution in [2.75, 3.05) is 33.2 Å². The number of halogens is 2. The number of amides is 3. The molecule has 0 aliphatic carbocycles. The largest absolute Gasteiger partial charge is 0.382 e. The Morgan fingerprint density at radius 2 is 1.88 bits per heavy atom. The first-order chi connectivity index (χ1) is 12.0. The van der Waals surface area contributed by atoms with E-state index in [4.69, 9.17) is 4.84 Å². The molecule has 1 aromatic rings. The summed E-state index contributed by atoms with van der Waals surface area (Å²) in [5.74, 6) is -1.47. The molecule has 7 nitrogen and oxygen atoms in total. The van der Waals surface area contributed by atoms with Gasteiger partial charge in [0.05, 0.1) is 5.71 Å². The number of piperazine rings is 1. The van der Waals surface area contributed by atoms with Crippen molar-refractivity contribution >= 4 is 17.6 Å². The Bertz CT molecular complexity index is 717. The molecule has 1 unspecified atom stereocenters. The van der Waals surface area contributed by atoms with Crippen LogP contribution in [0.15, 0.2) is 23.4 Å². The Morgan fingerprint density at radius 1 is 1.20 bits per heavy atom. The zero-order chi connectivity index (χ0) is 18.0. The fourth-order valence-corrected chi connectivity index (χ4v) is 2.88. The summed E-state index contributed by atoms with van der Waals surface area (Å²) in [4.78, 5) is 32.4. The lowest BCUT2D eigenvalue weighted by Gasteiger charge is -2.35. The van der Waals surface area contributed by atoms with Gasteiger partial charge in [-0.3, -0.25) is 4.79 Å². The molecule has 1 aromatic carbocycles. The van der Waals surface area contributed by atoms with Crippen LogP contribution in [0.3, 0.4) is 0 Å². The van der Waals surface area contributed by atoms with E-state index in [-0.39, 0.29) is 29.6 Å². The molecule has 2 heterocycles. The molecule has 134 valence electrons. The van der Waals surface area contributed by atoms with Crippen LogP contribution >= 0.6 is 0 Å². The molecule has 1 saturated heterocycles. The van der Waals surface area contributed by atoms with Gasteiger partial charge in [0.15, 0.2) is 0 Å². The maximum Gasteiger partial charge on any atom is 0.317 e. The number of nitrogens with one attached hydrogen (secondary N) is 1. The number of oxime groups is 1. The molecule has 0 radical (unpaired) electrons. The van der Waals surface area contributed by atoms with Gasteiger partial charge in [-0.2, -0.15) is 0 Å². The first-order valence-electron chi connectivity index (χ1n) is 7.93. The summed E-state index contributed by atoms with van der Waals surface area (Å²) in [6.45, 7) is 1.61. The molecule has 1 atom stereocenters. The van der Waals surface area contributed by atoms with Crippen molar-refractivity contribution in [3.8, 4) is 0 Å². The summed E-state index contributed by atoms with van der Waals surface area (Å²) in [5.41, 5.74) is 0.207. The normalized spacial score (nSPS) is 20.1. The van der Waals surface area contributed by atoms with Crippen LogP contribution in [-0.4, -0.2) is 66.8 Å². The van der Waals surface area contributed by atoms with Crippen molar-refractivity contribution in [3.63, 3.8) is 0 Å². The van der Waals surface area contributed by atoms with Crippen molar-refractivity contribution in [1.29, 1.82) is 0 Å². The molecule has 9 heteroatoms. The van der Waals surface area contributed by atoms with E-state index < -0.39 is 17.7 Å². The Hall–Kier alpha value is -2.71. The molecule has 1 N–H and O–H groups in total. The van der Waals surface area contributed by atoms with Gasteiger partial charge in [-0.15, -0.1) is 0 Å². The number of hydrogen-bond donors (Lipinski definition) is 1. The summed E-state index contributed by atoms with van der Waals surface area (Å²) >= 11 is 0. The summed E-state index contributed by atoms with van der Waals surface area (Å²) in [7, 11) is 1.55. The van der Waals surface area contributed by atoms with E-state index in [0.29, 0.717) is 26.2 Å². The average molecular weight is 352 g/mol. The van der Waals surface area contributed by atoms with Gasteiger partial charge in [-0.05, 0) is 18.2 Å². The Labute approximate surface area is 143 Å². The van der Waals surface area contributed by atoms with Crippen LogP contribution in [0.2, 0.25) is 0 Å². The van der Waals surface area contributed by atoms with Gasteiger partial charge in [0.1, 0.15) is 11.6 Å². The van der Waals surface area contributed by atoms with Crippen LogP contribution < -0.4 is 5.32 Å². The molecule has 0 aromatic heterocycles. The van der Waals surface area contributed by atoms with Gasteiger partial charge in [-0.1, -0.05) is 5.16 Å². The molecular formula is C16H18F2N4O3. The number of rotatable bonds is 2. The minimum atomic E-state index is -0.857. The second kappa shape index (κ2) is 7.04. The highest BCUT2D eigenvalue weighted by molar-refractivity contribution is 6.04. The number of hydrogen-bond acceptors (Lipinski definition) is 4. The van der Waals surface area contributed by atoms with E-state index in [0.717, 1.165) is 18.2 Å². The molecule has 2 aliphatic rings. The van der Waals surface area contributed by atoms with Gasteiger partial charge in [0, 0.05) is 45.2 Å². The first kappa shape index (κ1) is 17.1. The van der Waals surface area contributed by atoms with Crippen LogP contribution in [-0.2, 0) is 9.63 Å². The molecular weight excluding hydrogens is 334 g/mol. The van der Waals surface area contributed by atoms with E-state index in [2.05, 4.69) is 10.5 Å². The maximum atomic E-state index is 13.8. The third kappa shape index (κ3) is 3.54. The zero-order valence-corrected chi connectivity index (χ0v) is 13.7. The molecule has 1 fully saturated rings. The Balaban J connectivity index is 1.59. The van der Waals surface area contributed by atoms with Crippen LogP contribution in [0.5, 0.6) is 0 Å². The lowest BCUT2D eigenvalue weighted by molar-refractivity contribution is -0.143. The van der Waals surface area contributed by atoms with E-state index in [9.17, 15) is 18.4 Å². The average Bonchev–Trinajstić information content (AvgIpc) is 3.12. The topological polar surface area (TPSA) is 74.2 Å². The van der Waals surface area contributed by atoms with Crippen molar-refractivity contribution in [1.82, 2.24) is 15.1 Å². The molecule has 3 rings (SSSR count). The Morgan fingerprint density at radius 3 is 2.56 bits per heavy atom. The van der Waals surface area contributed by atoms with Gasteiger partial charge in [0.2, 0.25) is 6.10 Å². The number of urea groups is 1. The van der Waals surface area contributed by atoms with Gasteiger partial charge >= 0.3 is 6.03 Å². The minimum Gasteiger partial charge on any atom is -0.382 e. The van der Waals surface area contributed by atoms with E-state index in [1.807, 2.05) is 0 Å². The van der Waals surface area contributed by atoms with Crippen molar-refractivity contribution in [3.05, 3.63) is 35.4 Å². The first-order valence-corrected chi connectivity index (χ1v) is 7.93. The molecule has 0 saturated carbocycles. The van der Waals surface area contributed by atoms with E-state index >= 15 is 0 Å². The summed E-state index contributed by atoms with van der Waals surface area (Å²) < 4.78 is 27.1. The zero-order valence-electron chi connectivity index (χ0n) is 13.7. The van der Waals surface area contributed by atoms with E-state index in [1.54, 1.807) is 16.8 Å². The standard InChI is InChI=1S/C16H18F2N4O3/c1-19-16(24)22-6-4-21(5-7-22)15(23)14-9-13(20-25-14)11-8-10(17)2-3-12(11)18/h2-3,8,14H,4-7,9H2,1H3,(H,19,24). The van der Waals surface area contributed by atoms with Crippen LogP contribution in [0, 0.1) is 11.6 Å². The van der Waals surface area contributed by atoms with E-state index in [1.165, 1.54) is 0 Å². The fourth-order valence-electron chi connectivity index (χ4n) is 2.88. The van der Waals surface area contributed by atoms with Gasteiger partial charge in [0.25, 0.3) is 5.91 Å². The second-order valence-corrected chi connectivity index (χ2v) is 5.83. The van der Waals surface area contributed by atoms with Crippen molar-refractivity contribution in [2.45, 2.75) is 12.5 Å².